The normalized spacial score (nSPS) is 8.45. The van der Waals surface area contributed by atoms with Gasteiger partial charge in [-0.2, -0.15) is 5.56 Å². The van der Waals surface area contributed by atoms with E-state index in [1.165, 1.54) is 21.9 Å². The summed E-state index contributed by atoms with van der Waals surface area (Å²) in [6.07, 6.45) is 1.72. The number of hydrogen-bond acceptors (Lipinski definition) is 0. The summed E-state index contributed by atoms with van der Waals surface area (Å²) in [5, 5.41) is 2.76. The number of fused-ring (bicyclic) bond motifs is 1. The second kappa shape index (κ2) is 12.0. The Kier molecular flexibility index (Phi) is 12.9. The summed E-state index contributed by atoms with van der Waals surface area (Å²) in [5.41, 5.74) is 3.83. The Balaban J connectivity index is 0. The fourth-order valence-electron chi connectivity index (χ4n) is 1.52. The Hall–Kier alpha value is -0.759. The van der Waals surface area contributed by atoms with Crippen LogP contribution in [0.25, 0.3) is 10.8 Å². The molecule has 0 aliphatic carbocycles. The van der Waals surface area contributed by atoms with Crippen molar-refractivity contribution in [3.05, 3.63) is 66.3 Å². The predicted octanol–water partition coefficient (Wildman–Crippen LogP) is 5.44. The van der Waals surface area contributed by atoms with Crippen LogP contribution in [0, 0.1) is 13.8 Å². The van der Waals surface area contributed by atoms with Crippen LogP contribution in [0.4, 0.5) is 0 Å². The van der Waals surface area contributed by atoms with Crippen LogP contribution in [0.5, 0.6) is 0 Å². The molecule has 0 nitrogen and oxygen atoms in total. The van der Waals surface area contributed by atoms with E-state index in [-0.39, 0.29) is 21.7 Å². The monoisotopic (exact) mass is 318 g/mol. The zero-order valence-corrected chi connectivity index (χ0v) is 16.2. The zero-order chi connectivity index (χ0) is 14.8. The molecule has 0 fully saturated rings. The second-order valence-electron chi connectivity index (χ2n) is 4.67. The molecule has 20 heavy (non-hydrogen) atoms. The van der Waals surface area contributed by atoms with Crippen LogP contribution in [0.2, 0.25) is 13.1 Å². The van der Waals surface area contributed by atoms with E-state index >= 15 is 0 Å². The summed E-state index contributed by atoms with van der Waals surface area (Å²) in [6, 6.07) is 10.8. The molecule has 2 aromatic carbocycles. The van der Waals surface area contributed by atoms with E-state index in [4.69, 9.17) is 0 Å². The van der Waals surface area contributed by atoms with Crippen LogP contribution in [0.3, 0.4) is 0 Å². The third-order valence-electron chi connectivity index (χ3n) is 2.68. The smallest absolute Gasteiger partial charge is 0.154 e. The maximum Gasteiger partial charge on any atom is 3.00 e. The van der Waals surface area contributed by atoms with E-state index in [1.54, 1.807) is 6.08 Å². The van der Waals surface area contributed by atoms with Crippen LogP contribution < -0.4 is 0 Å². The molecular formula is C18H26SiTi+2. The molecule has 0 heterocycles. The fourth-order valence-corrected chi connectivity index (χ4v) is 1.52. The first-order chi connectivity index (χ1) is 8.97. The molecule has 104 valence electrons. The van der Waals surface area contributed by atoms with Crippen molar-refractivity contribution >= 4 is 20.3 Å². The van der Waals surface area contributed by atoms with Crippen LogP contribution in [-0.4, -0.2) is 9.52 Å². The van der Waals surface area contributed by atoms with E-state index in [1.807, 2.05) is 6.92 Å². The Morgan fingerprint density at radius 1 is 1.20 bits per heavy atom. The van der Waals surface area contributed by atoms with Gasteiger partial charge in [0, 0.05) is 9.52 Å². The second-order valence-corrected chi connectivity index (χ2v) is 5.82. The summed E-state index contributed by atoms with van der Waals surface area (Å²) in [4.78, 5) is 0. The number of hydrogen-bond donors (Lipinski definition) is 0. The van der Waals surface area contributed by atoms with Gasteiger partial charge < -0.3 is 0 Å². The minimum Gasteiger partial charge on any atom is -0.154 e. The van der Waals surface area contributed by atoms with E-state index < -0.39 is 0 Å². The quantitative estimate of drug-likeness (QED) is 0.373. The van der Waals surface area contributed by atoms with E-state index in [0.29, 0.717) is 0 Å². The van der Waals surface area contributed by atoms with Gasteiger partial charge >= 0.3 is 21.7 Å². The molecule has 0 bridgehead atoms. The van der Waals surface area contributed by atoms with Crippen molar-refractivity contribution in [1.82, 2.24) is 0 Å². The Morgan fingerprint density at radius 2 is 1.65 bits per heavy atom. The number of allylic oxidation sites excluding steroid dienone is 2. The van der Waals surface area contributed by atoms with Gasteiger partial charge in [0.15, 0.2) is 0 Å². The minimum atomic E-state index is 0. The minimum absolute atomic E-state index is 0. The van der Waals surface area contributed by atoms with Gasteiger partial charge in [0.05, 0.1) is 0 Å². The molecule has 0 aromatic heterocycles. The van der Waals surface area contributed by atoms with Crippen LogP contribution in [-0.2, 0) is 21.7 Å². The van der Waals surface area contributed by atoms with Crippen LogP contribution >= 0.6 is 0 Å². The number of rotatable bonds is 1. The number of aryl methyl sites for hydroxylation is 2. The first kappa shape index (κ1) is 21.5. The van der Waals surface area contributed by atoms with Gasteiger partial charge in [-0.1, -0.05) is 57.8 Å². The molecule has 0 aliphatic rings. The van der Waals surface area contributed by atoms with Gasteiger partial charge in [-0.3, -0.25) is 0 Å². The maximum atomic E-state index is 3.56. The van der Waals surface area contributed by atoms with Crippen LogP contribution in [0.15, 0.2) is 55.1 Å². The molecule has 0 spiro atoms. The molecule has 0 atom stereocenters. The molecule has 2 radical (unpaired) electrons. The Morgan fingerprint density at radius 3 is 2.05 bits per heavy atom. The molecule has 2 aromatic rings. The number of benzene rings is 1. The summed E-state index contributed by atoms with van der Waals surface area (Å²) < 4.78 is 0. The van der Waals surface area contributed by atoms with Gasteiger partial charge in [0.25, 0.3) is 0 Å². The van der Waals surface area contributed by atoms with Crippen molar-refractivity contribution in [3.63, 3.8) is 0 Å². The van der Waals surface area contributed by atoms with Crippen molar-refractivity contribution in [2.45, 2.75) is 33.9 Å². The molecule has 0 saturated carbocycles. The van der Waals surface area contributed by atoms with Gasteiger partial charge in [-0.25, -0.2) is 0 Å². The molecule has 2 heteroatoms. The van der Waals surface area contributed by atoms with Gasteiger partial charge in [-0.15, -0.1) is 40.6 Å². The predicted molar refractivity (Wildman–Crippen MR) is 92.9 cm³/mol. The molecule has 2 rings (SSSR count). The third kappa shape index (κ3) is 7.74. The average molecular weight is 318 g/mol. The van der Waals surface area contributed by atoms with Crippen molar-refractivity contribution in [2.75, 3.05) is 0 Å². The summed E-state index contributed by atoms with van der Waals surface area (Å²) in [6.45, 7) is 17.7. The first-order valence-electron chi connectivity index (χ1n) is 6.61. The Bertz CT molecular complexity index is 523. The van der Waals surface area contributed by atoms with Crippen molar-refractivity contribution in [1.29, 1.82) is 0 Å². The van der Waals surface area contributed by atoms with E-state index in [9.17, 15) is 0 Å². The van der Waals surface area contributed by atoms with Gasteiger partial charge in [0.2, 0.25) is 0 Å². The standard InChI is InChI=1S/C11H11.C5H8.C2H7Si.Ti/c1-8-7-10-5-3-4-6-11(10)9(8)2;1-4-5(2)3;1-3-2;/h3-7H,1-2H3;4H,1-2H2,3H3;3H,1-2H3;/q-1;;;+3. The zero-order valence-electron chi connectivity index (χ0n) is 13.5. The molecule has 0 N–H and O–H groups in total. The Labute approximate surface area is 142 Å². The summed E-state index contributed by atoms with van der Waals surface area (Å²) in [5.74, 6) is 0. The molecule has 0 aliphatic heterocycles. The molecule has 0 amide bonds. The third-order valence-corrected chi connectivity index (χ3v) is 2.68. The molecular weight excluding hydrogens is 292 g/mol. The largest absolute Gasteiger partial charge is 3.00 e. The molecule has 0 unspecified atom stereocenters. The van der Waals surface area contributed by atoms with Gasteiger partial charge in [-0.05, 0) is 6.92 Å². The molecule has 0 saturated heterocycles. The SMILES string of the molecule is C=CC(=C)C.C[SiH]C.Cc1[cH-]c2ccccc2c1C.[Ti+3]. The van der Waals surface area contributed by atoms with E-state index in [0.717, 1.165) is 15.1 Å². The average Bonchev–Trinajstić information content (AvgIpc) is 2.67. The van der Waals surface area contributed by atoms with Gasteiger partial charge in [0.1, 0.15) is 0 Å². The first-order valence-corrected chi connectivity index (χ1v) is 8.92. The summed E-state index contributed by atoms with van der Waals surface area (Å²) >= 11 is 0. The van der Waals surface area contributed by atoms with E-state index in [2.05, 4.69) is 70.4 Å². The summed E-state index contributed by atoms with van der Waals surface area (Å²) in [7, 11) is 0.750. The fraction of sp³-hybridized carbons (Fsp3) is 0.278. The van der Waals surface area contributed by atoms with Crippen LogP contribution in [0.1, 0.15) is 18.1 Å². The maximum absolute atomic E-state index is 3.56. The van der Waals surface area contributed by atoms with Crippen molar-refractivity contribution in [3.8, 4) is 0 Å². The van der Waals surface area contributed by atoms with Crippen molar-refractivity contribution in [2.24, 2.45) is 0 Å². The van der Waals surface area contributed by atoms with Crippen molar-refractivity contribution < 1.29 is 21.7 Å². The topological polar surface area (TPSA) is 0 Å².